The molecule has 1 aliphatic heterocycles. The molecule has 1 saturated heterocycles. The van der Waals surface area contributed by atoms with Crippen LogP contribution in [0.3, 0.4) is 0 Å². The highest BCUT2D eigenvalue weighted by Crippen LogP contribution is 2.31. The second-order valence-electron chi connectivity index (χ2n) is 5.14. The summed E-state index contributed by atoms with van der Waals surface area (Å²) in [6.45, 7) is 8.53. The highest BCUT2D eigenvalue weighted by molar-refractivity contribution is 6.01. The van der Waals surface area contributed by atoms with Gasteiger partial charge in [0.15, 0.2) is 0 Å². The summed E-state index contributed by atoms with van der Waals surface area (Å²) in [5.74, 6) is 0.111. The average Bonchev–Trinajstić information content (AvgIpc) is 2.90. The lowest BCUT2D eigenvalue weighted by atomic mass is 9.82. The molecule has 5 nitrogen and oxygen atoms in total. The molecule has 2 amide bonds. The van der Waals surface area contributed by atoms with Crippen LogP contribution in [-0.2, 0) is 19.1 Å². The van der Waals surface area contributed by atoms with Crippen molar-refractivity contribution < 1.29 is 19.1 Å². The van der Waals surface area contributed by atoms with E-state index in [1.54, 1.807) is 0 Å². The van der Waals surface area contributed by atoms with E-state index in [-0.39, 0.29) is 23.7 Å². The quantitative estimate of drug-likeness (QED) is 0.593. The Morgan fingerprint density at radius 1 is 1.00 bits per heavy atom. The standard InChI is InChI=1S/C13H19NO4.2C2H6/c1-18-13(17)10-4-2-9(3-5-10)8-14-11(15)6-7-12(14)16;2*1-2/h9-10H,2-8H2,1H3;2*1-2H3. The van der Waals surface area contributed by atoms with Gasteiger partial charge in [-0.1, -0.05) is 27.7 Å². The molecule has 0 unspecified atom stereocenters. The number of imide groups is 1. The third-order valence-corrected chi connectivity index (χ3v) is 3.98. The summed E-state index contributed by atoms with van der Waals surface area (Å²) < 4.78 is 4.73. The molecule has 1 saturated carbocycles. The van der Waals surface area contributed by atoms with Crippen LogP contribution in [0.2, 0.25) is 0 Å². The first-order valence-corrected chi connectivity index (χ1v) is 8.53. The molecule has 0 radical (unpaired) electrons. The van der Waals surface area contributed by atoms with Crippen LogP contribution in [0.5, 0.6) is 0 Å². The fourth-order valence-corrected chi connectivity index (χ4v) is 2.83. The first-order valence-electron chi connectivity index (χ1n) is 8.53. The predicted octanol–water partition coefficient (Wildman–Crippen LogP) is 3.17. The maximum Gasteiger partial charge on any atom is 0.308 e. The van der Waals surface area contributed by atoms with Crippen LogP contribution >= 0.6 is 0 Å². The Morgan fingerprint density at radius 2 is 1.45 bits per heavy atom. The van der Waals surface area contributed by atoms with Crippen LogP contribution in [0.15, 0.2) is 0 Å². The molecule has 0 aromatic carbocycles. The minimum absolute atomic E-state index is 0.00349. The molecule has 5 heteroatoms. The van der Waals surface area contributed by atoms with Gasteiger partial charge in [0.05, 0.1) is 13.0 Å². The monoisotopic (exact) mass is 313 g/mol. The van der Waals surface area contributed by atoms with E-state index in [0.717, 1.165) is 25.7 Å². The molecule has 0 bridgehead atoms. The van der Waals surface area contributed by atoms with Crippen molar-refractivity contribution in [2.75, 3.05) is 13.7 Å². The molecule has 128 valence electrons. The van der Waals surface area contributed by atoms with Crippen molar-refractivity contribution >= 4 is 17.8 Å². The van der Waals surface area contributed by atoms with Gasteiger partial charge in [-0.05, 0) is 31.6 Å². The Hall–Kier alpha value is -1.39. The van der Waals surface area contributed by atoms with Gasteiger partial charge in [-0.15, -0.1) is 0 Å². The number of carbonyl (C=O) groups excluding carboxylic acids is 3. The molecule has 0 aromatic rings. The van der Waals surface area contributed by atoms with Gasteiger partial charge in [0.1, 0.15) is 0 Å². The zero-order valence-corrected chi connectivity index (χ0v) is 14.7. The lowest BCUT2D eigenvalue weighted by Gasteiger charge is -2.29. The summed E-state index contributed by atoms with van der Waals surface area (Å²) in [5.41, 5.74) is 0. The smallest absolute Gasteiger partial charge is 0.308 e. The van der Waals surface area contributed by atoms with Gasteiger partial charge in [-0.25, -0.2) is 0 Å². The highest BCUT2D eigenvalue weighted by atomic mass is 16.5. The van der Waals surface area contributed by atoms with E-state index in [2.05, 4.69) is 0 Å². The third kappa shape index (κ3) is 5.78. The SMILES string of the molecule is CC.CC.COC(=O)C1CCC(CN2C(=O)CCC2=O)CC1. The molecular formula is C17H31NO4. The average molecular weight is 313 g/mol. The lowest BCUT2D eigenvalue weighted by Crippen LogP contribution is -2.36. The van der Waals surface area contributed by atoms with Crippen molar-refractivity contribution in [1.29, 1.82) is 0 Å². The first-order chi connectivity index (χ1) is 10.6. The number of methoxy groups -OCH3 is 1. The number of nitrogens with zero attached hydrogens (tertiary/aromatic N) is 1. The van der Waals surface area contributed by atoms with Crippen molar-refractivity contribution in [2.45, 2.75) is 66.2 Å². The lowest BCUT2D eigenvalue weighted by molar-refractivity contribution is -0.147. The van der Waals surface area contributed by atoms with Gasteiger partial charge in [0, 0.05) is 19.4 Å². The minimum Gasteiger partial charge on any atom is -0.469 e. The molecule has 1 aliphatic carbocycles. The zero-order valence-electron chi connectivity index (χ0n) is 14.7. The van der Waals surface area contributed by atoms with Gasteiger partial charge in [-0.2, -0.15) is 0 Å². The first kappa shape index (κ1) is 20.6. The van der Waals surface area contributed by atoms with E-state index in [4.69, 9.17) is 4.74 Å². The number of rotatable bonds is 3. The molecule has 0 N–H and O–H groups in total. The van der Waals surface area contributed by atoms with Gasteiger partial charge >= 0.3 is 5.97 Å². The maximum atomic E-state index is 11.5. The van der Waals surface area contributed by atoms with E-state index in [1.807, 2.05) is 27.7 Å². The highest BCUT2D eigenvalue weighted by Gasteiger charge is 2.33. The van der Waals surface area contributed by atoms with E-state index in [1.165, 1.54) is 12.0 Å². The van der Waals surface area contributed by atoms with Crippen LogP contribution in [0, 0.1) is 11.8 Å². The van der Waals surface area contributed by atoms with Crippen LogP contribution in [0.25, 0.3) is 0 Å². The second kappa shape index (κ2) is 11.2. The Balaban J connectivity index is 0.00000102. The Morgan fingerprint density at radius 3 is 1.86 bits per heavy atom. The van der Waals surface area contributed by atoms with Crippen LogP contribution in [-0.4, -0.2) is 36.3 Å². The van der Waals surface area contributed by atoms with Crippen molar-refractivity contribution in [3.63, 3.8) is 0 Å². The number of carbonyl (C=O) groups is 3. The number of ether oxygens (including phenoxy) is 1. The van der Waals surface area contributed by atoms with E-state index >= 15 is 0 Å². The van der Waals surface area contributed by atoms with Crippen molar-refractivity contribution in [2.24, 2.45) is 11.8 Å². The Kier molecular flexibility index (Phi) is 10.5. The van der Waals surface area contributed by atoms with Gasteiger partial charge < -0.3 is 4.74 Å². The summed E-state index contributed by atoms with van der Waals surface area (Å²) in [4.78, 5) is 35.8. The molecule has 0 aromatic heterocycles. The fourth-order valence-electron chi connectivity index (χ4n) is 2.83. The van der Waals surface area contributed by atoms with Gasteiger partial charge in [0.2, 0.25) is 11.8 Å². The maximum absolute atomic E-state index is 11.5. The Labute approximate surface area is 134 Å². The molecule has 22 heavy (non-hydrogen) atoms. The minimum atomic E-state index is -0.137. The molecule has 0 atom stereocenters. The van der Waals surface area contributed by atoms with E-state index in [0.29, 0.717) is 25.3 Å². The van der Waals surface area contributed by atoms with Gasteiger partial charge in [0.25, 0.3) is 0 Å². The second-order valence-corrected chi connectivity index (χ2v) is 5.14. The summed E-state index contributed by atoms with van der Waals surface area (Å²) in [6, 6.07) is 0. The van der Waals surface area contributed by atoms with Crippen molar-refractivity contribution in [3.8, 4) is 0 Å². The largest absolute Gasteiger partial charge is 0.469 e. The zero-order chi connectivity index (χ0) is 17.1. The third-order valence-electron chi connectivity index (χ3n) is 3.98. The van der Waals surface area contributed by atoms with Crippen molar-refractivity contribution in [3.05, 3.63) is 0 Å². The van der Waals surface area contributed by atoms with Crippen molar-refractivity contribution in [1.82, 2.24) is 4.90 Å². The topological polar surface area (TPSA) is 63.7 Å². The normalized spacial score (nSPS) is 24.0. The Bertz CT molecular complexity index is 344. The summed E-state index contributed by atoms with van der Waals surface area (Å²) in [7, 11) is 1.41. The van der Waals surface area contributed by atoms with E-state index in [9.17, 15) is 14.4 Å². The summed E-state index contributed by atoms with van der Waals surface area (Å²) in [6.07, 6.45) is 4.08. The number of esters is 1. The number of amides is 2. The number of hydrogen-bond donors (Lipinski definition) is 0. The summed E-state index contributed by atoms with van der Waals surface area (Å²) in [5, 5.41) is 0. The molecule has 1 heterocycles. The molecule has 2 rings (SSSR count). The van der Waals surface area contributed by atoms with E-state index < -0.39 is 0 Å². The number of hydrogen-bond acceptors (Lipinski definition) is 4. The van der Waals surface area contributed by atoms with Crippen LogP contribution < -0.4 is 0 Å². The van der Waals surface area contributed by atoms with Gasteiger partial charge in [-0.3, -0.25) is 19.3 Å². The van der Waals surface area contributed by atoms with Crippen LogP contribution in [0.4, 0.5) is 0 Å². The molecule has 0 spiro atoms. The molecule has 2 aliphatic rings. The fraction of sp³-hybridized carbons (Fsp3) is 0.824. The molecular weight excluding hydrogens is 282 g/mol. The number of likely N-dealkylation sites (tertiary alicyclic amines) is 1. The summed E-state index contributed by atoms with van der Waals surface area (Å²) >= 11 is 0. The van der Waals surface area contributed by atoms with Crippen LogP contribution in [0.1, 0.15) is 66.2 Å². The predicted molar refractivity (Wildman–Crippen MR) is 86.1 cm³/mol. The molecule has 2 fully saturated rings.